The first kappa shape index (κ1) is 13.1. The third-order valence-electron chi connectivity index (χ3n) is 5.16. The SMILES string of the molecule is CC1C(c2ccccc2)CCN1CC1(C)CCNC1. The number of hydrogen-bond acceptors (Lipinski definition) is 2. The molecule has 2 nitrogen and oxygen atoms in total. The van der Waals surface area contributed by atoms with E-state index in [0.29, 0.717) is 11.5 Å². The Labute approximate surface area is 117 Å². The van der Waals surface area contributed by atoms with Crippen LogP contribution in [0.1, 0.15) is 38.2 Å². The van der Waals surface area contributed by atoms with E-state index in [-0.39, 0.29) is 0 Å². The highest BCUT2D eigenvalue weighted by atomic mass is 15.2. The molecule has 1 aromatic rings. The Morgan fingerprint density at radius 2 is 2.11 bits per heavy atom. The third-order valence-corrected chi connectivity index (χ3v) is 5.16. The van der Waals surface area contributed by atoms with Crippen LogP contribution in [0.5, 0.6) is 0 Å². The zero-order chi connectivity index (χ0) is 13.3. The van der Waals surface area contributed by atoms with E-state index in [1.54, 1.807) is 0 Å². The fourth-order valence-electron chi connectivity index (χ4n) is 3.87. The second kappa shape index (κ2) is 5.26. The van der Waals surface area contributed by atoms with Crippen LogP contribution in [0.4, 0.5) is 0 Å². The molecular formula is C17H26N2. The minimum Gasteiger partial charge on any atom is -0.316 e. The molecule has 2 heterocycles. The van der Waals surface area contributed by atoms with Crippen molar-refractivity contribution in [2.45, 2.75) is 38.6 Å². The summed E-state index contributed by atoms with van der Waals surface area (Å²) in [7, 11) is 0. The van der Waals surface area contributed by atoms with Gasteiger partial charge in [-0.05, 0) is 43.8 Å². The van der Waals surface area contributed by atoms with Gasteiger partial charge in [0.05, 0.1) is 0 Å². The molecule has 2 aliphatic rings. The molecular weight excluding hydrogens is 232 g/mol. The highest BCUT2D eigenvalue weighted by Crippen LogP contribution is 2.36. The number of likely N-dealkylation sites (tertiary alicyclic amines) is 1. The van der Waals surface area contributed by atoms with Crippen molar-refractivity contribution in [1.29, 1.82) is 0 Å². The van der Waals surface area contributed by atoms with Gasteiger partial charge >= 0.3 is 0 Å². The van der Waals surface area contributed by atoms with Crippen LogP contribution in [-0.4, -0.2) is 37.1 Å². The first-order valence-corrected chi connectivity index (χ1v) is 7.68. The van der Waals surface area contributed by atoms with Gasteiger partial charge in [0.25, 0.3) is 0 Å². The highest BCUT2D eigenvalue weighted by Gasteiger charge is 2.37. The molecule has 3 unspecified atom stereocenters. The second-order valence-electron chi connectivity index (χ2n) is 6.75. The van der Waals surface area contributed by atoms with E-state index in [1.807, 2.05) is 0 Å². The topological polar surface area (TPSA) is 15.3 Å². The molecule has 0 aromatic heterocycles. The minimum atomic E-state index is 0.486. The number of rotatable bonds is 3. The normalized spacial score (nSPS) is 35.9. The molecule has 104 valence electrons. The maximum Gasteiger partial charge on any atom is 0.0136 e. The van der Waals surface area contributed by atoms with Crippen LogP contribution in [-0.2, 0) is 0 Å². The zero-order valence-corrected chi connectivity index (χ0v) is 12.2. The molecule has 3 atom stereocenters. The molecule has 0 spiro atoms. The van der Waals surface area contributed by atoms with Crippen LogP contribution < -0.4 is 5.32 Å². The van der Waals surface area contributed by atoms with E-state index in [4.69, 9.17) is 0 Å². The predicted molar refractivity (Wildman–Crippen MR) is 80.4 cm³/mol. The Morgan fingerprint density at radius 3 is 2.79 bits per heavy atom. The molecule has 0 amide bonds. The molecule has 0 bridgehead atoms. The Morgan fingerprint density at radius 1 is 1.32 bits per heavy atom. The van der Waals surface area contributed by atoms with Crippen molar-refractivity contribution in [2.75, 3.05) is 26.2 Å². The van der Waals surface area contributed by atoms with Gasteiger partial charge in [-0.1, -0.05) is 37.3 Å². The standard InChI is InChI=1S/C17H26N2/c1-14-16(15-6-4-3-5-7-15)8-11-19(14)13-17(2)9-10-18-12-17/h3-7,14,16,18H,8-13H2,1-2H3. The lowest BCUT2D eigenvalue weighted by Gasteiger charge is -2.33. The number of nitrogens with zero attached hydrogens (tertiary/aromatic N) is 1. The summed E-state index contributed by atoms with van der Waals surface area (Å²) in [6.45, 7) is 9.75. The lowest BCUT2D eigenvalue weighted by Crippen LogP contribution is -2.40. The maximum absolute atomic E-state index is 3.52. The smallest absolute Gasteiger partial charge is 0.0136 e. The van der Waals surface area contributed by atoms with Crippen molar-refractivity contribution in [1.82, 2.24) is 10.2 Å². The molecule has 1 N–H and O–H groups in total. The number of nitrogens with one attached hydrogen (secondary N) is 1. The Balaban J connectivity index is 1.67. The second-order valence-corrected chi connectivity index (χ2v) is 6.75. The van der Waals surface area contributed by atoms with Crippen LogP contribution >= 0.6 is 0 Å². The average Bonchev–Trinajstić information content (AvgIpc) is 2.99. The van der Waals surface area contributed by atoms with Crippen molar-refractivity contribution in [3.8, 4) is 0 Å². The lowest BCUT2D eigenvalue weighted by molar-refractivity contribution is 0.168. The molecule has 0 aliphatic carbocycles. The predicted octanol–water partition coefficient (Wildman–Crippen LogP) is 2.86. The van der Waals surface area contributed by atoms with Gasteiger partial charge in [-0.15, -0.1) is 0 Å². The van der Waals surface area contributed by atoms with Crippen LogP contribution in [0.15, 0.2) is 30.3 Å². The summed E-state index contributed by atoms with van der Waals surface area (Å²) < 4.78 is 0. The molecule has 1 aromatic carbocycles. The largest absolute Gasteiger partial charge is 0.316 e. The third kappa shape index (κ3) is 2.70. The van der Waals surface area contributed by atoms with E-state index in [9.17, 15) is 0 Å². The summed E-state index contributed by atoms with van der Waals surface area (Å²) in [5.41, 5.74) is 2.01. The number of hydrogen-bond donors (Lipinski definition) is 1. The fraction of sp³-hybridized carbons (Fsp3) is 0.647. The van der Waals surface area contributed by atoms with Crippen molar-refractivity contribution in [2.24, 2.45) is 5.41 Å². The Bertz CT molecular complexity index is 409. The van der Waals surface area contributed by atoms with Gasteiger partial charge in [0.15, 0.2) is 0 Å². The van der Waals surface area contributed by atoms with E-state index in [2.05, 4.69) is 54.4 Å². The highest BCUT2D eigenvalue weighted by molar-refractivity contribution is 5.22. The maximum atomic E-state index is 3.52. The van der Waals surface area contributed by atoms with Gasteiger partial charge in [-0.25, -0.2) is 0 Å². The van der Waals surface area contributed by atoms with Gasteiger partial charge in [-0.3, -0.25) is 4.90 Å². The molecule has 2 saturated heterocycles. The van der Waals surface area contributed by atoms with E-state index in [1.165, 1.54) is 44.6 Å². The van der Waals surface area contributed by atoms with Crippen LogP contribution in [0.3, 0.4) is 0 Å². The van der Waals surface area contributed by atoms with Crippen molar-refractivity contribution < 1.29 is 0 Å². The summed E-state index contributed by atoms with van der Waals surface area (Å²) in [4.78, 5) is 2.71. The molecule has 2 fully saturated rings. The van der Waals surface area contributed by atoms with Crippen LogP contribution in [0, 0.1) is 5.41 Å². The van der Waals surface area contributed by atoms with Gasteiger partial charge in [0.1, 0.15) is 0 Å². The monoisotopic (exact) mass is 258 g/mol. The van der Waals surface area contributed by atoms with Crippen LogP contribution in [0.2, 0.25) is 0 Å². The first-order chi connectivity index (χ1) is 9.18. The van der Waals surface area contributed by atoms with Gasteiger partial charge in [0, 0.05) is 25.0 Å². The van der Waals surface area contributed by atoms with Crippen molar-refractivity contribution in [3.05, 3.63) is 35.9 Å². The summed E-state index contributed by atoms with van der Waals surface area (Å²) >= 11 is 0. The molecule has 0 saturated carbocycles. The Kier molecular flexibility index (Phi) is 3.64. The van der Waals surface area contributed by atoms with Gasteiger partial charge in [-0.2, -0.15) is 0 Å². The van der Waals surface area contributed by atoms with E-state index in [0.717, 1.165) is 5.92 Å². The van der Waals surface area contributed by atoms with Crippen molar-refractivity contribution in [3.63, 3.8) is 0 Å². The van der Waals surface area contributed by atoms with Crippen molar-refractivity contribution >= 4 is 0 Å². The number of benzene rings is 1. The van der Waals surface area contributed by atoms with Crippen LogP contribution in [0.25, 0.3) is 0 Å². The first-order valence-electron chi connectivity index (χ1n) is 7.68. The van der Waals surface area contributed by atoms with Gasteiger partial charge < -0.3 is 5.32 Å². The molecule has 19 heavy (non-hydrogen) atoms. The zero-order valence-electron chi connectivity index (χ0n) is 12.2. The minimum absolute atomic E-state index is 0.486. The molecule has 0 radical (unpaired) electrons. The summed E-state index contributed by atoms with van der Waals surface area (Å²) in [5.74, 6) is 0.721. The lowest BCUT2D eigenvalue weighted by atomic mass is 9.88. The quantitative estimate of drug-likeness (QED) is 0.897. The Hall–Kier alpha value is -0.860. The van der Waals surface area contributed by atoms with E-state index < -0.39 is 0 Å². The fourth-order valence-corrected chi connectivity index (χ4v) is 3.87. The molecule has 3 rings (SSSR count). The summed E-state index contributed by atoms with van der Waals surface area (Å²) in [6.07, 6.45) is 2.64. The molecule has 2 heteroatoms. The molecule has 2 aliphatic heterocycles. The van der Waals surface area contributed by atoms with E-state index >= 15 is 0 Å². The van der Waals surface area contributed by atoms with Gasteiger partial charge in [0.2, 0.25) is 0 Å². The summed E-state index contributed by atoms with van der Waals surface area (Å²) in [6, 6.07) is 11.7. The average molecular weight is 258 g/mol. The summed E-state index contributed by atoms with van der Waals surface area (Å²) in [5, 5.41) is 3.52.